The van der Waals surface area contributed by atoms with Gasteiger partial charge in [0.2, 0.25) is 5.91 Å². The van der Waals surface area contributed by atoms with E-state index in [0.29, 0.717) is 36.8 Å². The maximum absolute atomic E-state index is 12.4. The topological polar surface area (TPSA) is 60.9 Å². The first-order valence-electron chi connectivity index (χ1n) is 7.40. The summed E-state index contributed by atoms with van der Waals surface area (Å²) in [6.07, 6.45) is 4.66. The molecular weight excluding hydrogens is 244 g/mol. The van der Waals surface area contributed by atoms with Crippen LogP contribution in [-0.2, 0) is 9.59 Å². The maximum atomic E-state index is 12.4. The van der Waals surface area contributed by atoms with Crippen molar-refractivity contribution >= 4 is 11.9 Å². The number of carbonyl (C=O) groups is 2. The first-order valence-corrected chi connectivity index (χ1v) is 7.40. The van der Waals surface area contributed by atoms with Crippen LogP contribution < -0.4 is 0 Å². The third kappa shape index (κ3) is 2.61. The molecule has 5 nitrogen and oxygen atoms in total. The van der Waals surface area contributed by atoms with Crippen LogP contribution in [0.25, 0.3) is 0 Å². The first kappa shape index (κ1) is 12.9. The third-order valence-corrected chi connectivity index (χ3v) is 4.95. The Morgan fingerprint density at radius 1 is 1.00 bits per heavy atom. The fourth-order valence-electron chi connectivity index (χ4n) is 3.94. The van der Waals surface area contributed by atoms with Crippen LogP contribution in [0.5, 0.6) is 0 Å². The number of carbonyl (C=O) groups excluding carboxylic acids is 1. The van der Waals surface area contributed by atoms with Gasteiger partial charge in [-0.05, 0) is 31.1 Å². The first-order chi connectivity index (χ1) is 9.16. The van der Waals surface area contributed by atoms with Gasteiger partial charge in [0.15, 0.2) is 0 Å². The monoisotopic (exact) mass is 266 g/mol. The van der Waals surface area contributed by atoms with Gasteiger partial charge < -0.3 is 10.0 Å². The van der Waals surface area contributed by atoms with Crippen LogP contribution in [0.3, 0.4) is 0 Å². The van der Waals surface area contributed by atoms with Crippen LogP contribution in [0, 0.1) is 17.8 Å². The minimum atomic E-state index is -0.781. The van der Waals surface area contributed by atoms with E-state index in [1.165, 1.54) is 19.3 Å². The highest BCUT2D eigenvalue weighted by Gasteiger charge is 2.57. The van der Waals surface area contributed by atoms with Crippen LogP contribution >= 0.6 is 0 Å². The predicted molar refractivity (Wildman–Crippen MR) is 69.6 cm³/mol. The number of carboxylic acid groups (broad SMARTS) is 1. The summed E-state index contributed by atoms with van der Waals surface area (Å²) in [7, 11) is 0. The lowest BCUT2D eigenvalue weighted by Gasteiger charge is -2.22. The molecule has 0 aromatic rings. The van der Waals surface area contributed by atoms with E-state index in [1.54, 1.807) is 0 Å². The molecule has 3 fully saturated rings. The lowest BCUT2D eigenvalue weighted by Crippen LogP contribution is -2.38. The molecule has 1 aliphatic heterocycles. The van der Waals surface area contributed by atoms with Crippen LogP contribution in [0.2, 0.25) is 0 Å². The fraction of sp³-hybridized carbons (Fsp3) is 0.857. The van der Waals surface area contributed by atoms with Gasteiger partial charge in [-0.1, -0.05) is 6.42 Å². The zero-order chi connectivity index (χ0) is 13.4. The molecule has 19 heavy (non-hydrogen) atoms. The average Bonchev–Trinajstić information content (AvgIpc) is 2.95. The lowest BCUT2D eigenvalue weighted by atomic mass is 10.1. The SMILES string of the molecule is O=C(O)CN1CCCN(C(=O)C2C3CCCC32)CC1. The number of fused-ring (bicyclic) bond motifs is 1. The molecule has 5 heteroatoms. The molecule has 3 aliphatic rings. The van der Waals surface area contributed by atoms with Crippen LogP contribution in [0.15, 0.2) is 0 Å². The van der Waals surface area contributed by atoms with Gasteiger partial charge in [0.1, 0.15) is 0 Å². The van der Waals surface area contributed by atoms with Crippen molar-refractivity contribution in [1.82, 2.24) is 9.80 Å². The Bertz CT molecular complexity index is 375. The summed E-state index contributed by atoms with van der Waals surface area (Å²) in [4.78, 5) is 27.1. The van der Waals surface area contributed by atoms with Gasteiger partial charge in [0, 0.05) is 32.1 Å². The number of nitrogens with zero attached hydrogens (tertiary/aromatic N) is 2. The number of aliphatic carboxylic acids is 1. The van der Waals surface area contributed by atoms with E-state index in [0.717, 1.165) is 19.5 Å². The molecular formula is C14H22N2O3. The van der Waals surface area contributed by atoms with Crippen LogP contribution in [-0.4, -0.2) is 59.5 Å². The molecule has 0 aromatic carbocycles. The second-order valence-electron chi connectivity index (χ2n) is 6.13. The highest BCUT2D eigenvalue weighted by molar-refractivity contribution is 5.82. The third-order valence-electron chi connectivity index (χ3n) is 4.95. The summed E-state index contributed by atoms with van der Waals surface area (Å²) in [5.41, 5.74) is 0. The number of carboxylic acids is 1. The smallest absolute Gasteiger partial charge is 0.317 e. The van der Waals surface area contributed by atoms with Gasteiger partial charge in [-0.3, -0.25) is 14.5 Å². The molecule has 2 atom stereocenters. The second kappa shape index (κ2) is 5.12. The quantitative estimate of drug-likeness (QED) is 0.815. The Balaban J connectivity index is 1.52. The fourth-order valence-corrected chi connectivity index (χ4v) is 3.94. The molecule has 3 rings (SSSR count). The predicted octanol–water partition coefficient (Wildman–Crippen LogP) is 0.651. The summed E-state index contributed by atoms with van der Waals surface area (Å²) in [5.74, 6) is 1.21. The van der Waals surface area contributed by atoms with Crippen molar-refractivity contribution in [3.63, 3.8) is 0 Å². The minimum absolute atomic E-state index is 0.0940. The van der Waals surface area contributed by atoms with Crippen molar-refractivity contribution in [2.75, 3.05) is 32.7 Å². The summed E-state index contributed by atoms with van der Waals surface area (Å²) < 4.78 is 0. The molecule has 2 unspecified atom stereocenters. The highest BCUT2D eigenvalue weighted by atomic mass is 16.4. The molecule has 0 aromatic heterocycles. The van der Waals surface area contributed by atoms with E-state index in [9.17, 15) is 9.59 Å². The van der Waals surface area contributed by atoms with Gasteiger partial charge >= 0.3 is 5.97 Å². The van der Waals surface area contributed by atoms with Crippen molar-refractivity contribution < 1.29 is 14.7 Å². The van der Waals surface area contributed by atoms with Gasteiger partial charge in [-0.25, -0.2) is 0 Å². The molecule has 1 heterocycles. The number of amides is 1. The van der Waals surface area contributed by atoms with Crippen LogP contribution in [0.1, 0.15) is 25.7 Å². The van der Waals surface area contributed by atoms with Gasteiger partial charge in [-0.15, -0.1) is 0 Å². The van der Waals surface area contributed by atoms with Gasteiger partial charge in [-0.2, -0.15) is 0 Å². The van der Waals surface area contributed by atoms with Crippen molar-refractivity contribution in [2.45, 2.75) is 25.7 Å². The number of rotatable bonds is 3. The zero-order valence-electron chi connectivity index (χ0n) is 11.3. The summed E-state index contributed by atoms with van der Waals surface area (Å²) in [6.45, 7) is 3.07. The summed E-state index contributed by atoms with van der Waals surface area (Å²) in [6, 6.07) is 0. The lowest BCUT2D eigenvalue weighted by molar-refractivity contribution is -0.138. The van der Waals surface area contributed by atoms with Crippen molar-refractivity contribution in [3.05, 3.63) is 0 Å². The summed E-state index contributed by atoms with van der Waals surface area (Å²) >= 11 is 0. The molecule has 1 saturated heterocycles. The highest BCUT2D eigenvalue weighted by Crippen LogP contribution is 2.58. The van der Waals surface area contributed by atoms with E-state index in [1.807, 2.05) is 9.80 Å². The molecule has 2 saturated carbocycles. The Hall–Kier alpha value is -1.10. The molecule has 106 valence electrons. The van der Waals surface area contributed by atoms with Crippen molar-refractivity contribution in [3.8, 4) is 0 Å². The molecule has 0 bridgehead atoms. The molecule has 1 N–H and O–H groups in total. The van der Waals surface area contributed by atoms with E-state index < -0.39 is 5.97 Å². The normalized spacial score (nSPS) is 34.7. The minimum Gasteiger partial charge on any atom is -0.480 e. The largest absolute Gasteiger partial charge is 0.480 e. The number of hydrogen-bond acceptors (Lipinski definition) is 3. The molecule has 1 amide bonds. The van der Waals surface area contributed by atoms with E-state index in [-0.39, 0.29) is 6.54 Å². The Labute approximate surface area is 113 Å². The Kier molecular flexibility index (Phi) is 3.48. The Morgan fingerprint density at radius 2 is 1.74 bits per heavy atom. The summed E-state index contributed by atoms with van der Waals surface area (Å²) in [5, 5.41) is 8.82. The van der Waals surface area contributed by atoms with E-state index >= 15 is 0 Å². The van der Waals surface area contributed by atoms with Gasteiger partial charge in [0.05, 0.1) is 6.54 Å². The molecule has 0 spiro atoms. The van der Waals surface area contributed by atoms with Crippen LogP contribution in [0.4, 0.5) is 0 Å². The number of hydrogen-bond donors (Lipinski definition) is 1. The zero-order valence-corrected chi connectivity index (χ0v) is 11.3. The molecule has 0 radical (unpaired) electrons. The van der Waals surface area contributed by atoms with Gasteiger partial charge in [0.25, 0.3) is 0 Å². The molecule has 2 aliphatic carbocycles. The standard InChI is InChI=1S/C14H22N2O3/c17-12(18)9-15-5-2-6-16(8-7-15)14(19)13-10-3-1-4-11(10)13/h10-11,13H,1-9H2,(H,17,18). The average molecular weight is 266 g/mol. The van der Waals surface area contributed by atoms with Crippen molar-refractivity contribution in [2.24, 2.45) is 17.8 Å². The van der Waals surface area contributed by atoms with E-state index in [4.69, 9.17) is 5.11 Å². The Morgan fingerprint density at radius 3 is 2.42 bits per heavy atom. The second-order valence-corrected chi connectivity index (χ2v) is 6.13. The van der Waals surface area contributed by atoms with E-state index in [2.05, 4.69) is 0 Å². The maximum Gasteiger partial charge on any atom is 0.317 e. The van der Waals surface area contributed by atoms with Crippen molar-refractivity contribution in [1.29, 1.82) is 0 Å².